The molecular weight excluding hydrogens is 257 g/mol. The Hall–Kier alpha value is -2.26. The molecule has 5 nitrogen and oxygen atoms in total. The molecule has 0 saturated carbocycles. The van der Waals surface area contributed by atoms with Crippen molar-refractivity contribution in [2.75, 3.05) is 0 Å². The normalized spacial score (nSPS) is 11.3. The molecule has 0 saturated heterocycles. The monoisotopic (exact) mass is 273 g/mol. The van der Waals surface area contributed by atoms with E-state index >= 15 is 0 Å². The first kappa shape index (κ1) is 14.2. The lowest BCUT2D eigenvalue weighted by atomic mass is 10.1. The largest absolute Gasteiger partial charge is 0.306 e. The molecule has 0 fully saturated rings. The Labute approximate surface area is 117 Å². The van der Waals surface area contributed by atoms with Gasteiger partial charge in [-0.05, 0) is 39.0 Å². The topological polar surface area (TPSA) is 66.5 Å². The summed E-state index contributed by atoms with van der Waals surface area (Å²) >= 11 is 0. The van der Waals surface area contributed by atoms with Gasteiger partial charge in [-0.3, -0.25) is 0 Å². The number of rotatable bonds is 3. The lowest BCUT2D eigenvalue weighted by Crippen LogP contribution is -2.35. The van der Waals surface area contributed by atoms with Gasteiger partial charge in [-0.1, -0.05) is 5.21 Å². The molecule has 0 atom stereocenters. The van der Waals surface area contributed by atoms with Crippen molar-refractivity contribution < 1.29 is 4.39 Å². The Morgan fingerprint density at radius 1 is 1.40 bits per heavy atom. The summed E-state index contributed by atoms with van der Waals surface area (Å²) in [6, 6.07) is 6.12. The number of hydrogen-bond donors (Lipinski definition) is 1. The van der Waals surface area contributed by atoms with Crippen molar-refractivity contribution in [1.82, 2.24) is 20.3 Å². The molecule has 1 N–H and O–H groups in total. The number of benzene rings is 1. The Balaban J connectivity index is 2.30. The van der Waals surface area contributed by atoms with Crippen molar-refractivity contribution in [3.05, 3.63) is 41.5 Å². The summed E-state index contributed by atoms with van der Waals surface area (Å²) in [5, 5.41) is 20.1. The highest BCUT2D eigenvalue weighted by Crippen LogP contribution is 2.15. The molecule has 1 aromatic carbocycles. The van der Waals surface area contributed by atoms with Crippen LogP contribution in [0.1, 0.15) is 32.0 Å². The minimum atomic E-state index is -0.536. The van der Waals surface area contributed by atoms with E-state index in [4.69, 9.17) is 5.26 Å². The summed E-state index contributed by atoms with van der Waals surface area (Å²) in [7, 11) is 0. The number of nitrogens with zero attached hydrogens (tertiary/aromatic N) is 4. The highest BCUT2D eigenvalue weighted by molar-refractivity contribution is 5.42. The lowest BCUT2D eigenvalue weighted by Gasteiger charge is -2.20. The third-order valence-corrected chi connectivity index (χ3v) is 2.73. The molecule has 6 heteroatoms. The molecule has 0 radical (unpaired) electrons. The number of nitriles is 1. The van der Waals surface area contributed by atoms with E-state index in [1.807, 2.05) is 6.07 Å². The van der Waals surface area contributed by atoms with Gasteiger partial charge in [0, 0.05) is 12.1 Å². The van der Waals surface area contributed by atoms with Crippen molar-refractivity contribution in [3.8, 4) is 11.8 Å². The second-order valence-corrected chi connectivity index (χ2v) is 5.52. The first-order chi connectivity index (χ1) is 9.40. The highest BCUT2D eigenvalue weighted by Gasteiger charge is 2.13. The van der Waals surface area contributed by atoms with Crippen LogP contribution in [0.3, 0.4) is 0 Å². The summed E-state index contributed by atoms with van der Waals surface area (Å²) in [6.07, 6.45) is 1.65. The summed E-state index contributed by atoms with van der Waals surface area (Å²) in [6.45, 7) is 6.77. The fraction of sp³-hybridized carbons (Fsp3) is 0.357. The molecule has 0 aliphatic heterocycles. The molecule has 2 aromatic rings. The number of aromatic nitrogens is 3. The minimum absolute atomic E-state index is 0.00673. The second-order valence-electron chi connectivity index (χ2n) is 5.52. The smallest absolute Gasteiger partial charge is 0.141 e. The average Bonchev–Trinajstić information content (AvgIpc) is 2.84. The van der Waals surface area contributed by atoms with Crippen molar-refractivity contribution in [2.45, 2.75) is 32.9 Å². The molecule has 20 heavy (non-hydrogen) atoms. The third kappa shape index (κ3) is 3.19. The summed E-state index contributed by atoms with van der Waals surface area (Å²) in [5.41, 5.74) is 1.42. The van der Waals surface area contributed by atoms with Gasteiger partial charge in [-0.2, -0.15) is 5.26 Å². The number of halogens is 1. The van der Waals surface area contributed by atoms with E-state index in [0.29, 0.717) is 12.2 Å². The van der Waals surface area contributed by atoms with Crippen molar-refractivity contribution in [2.24, 2.45) is 0 Å². The zero-order chi connectivity index (χ0) is 14.8. The van der Waals surface area contributed by atoms with Gasteiger partial charge in [-0.25, -0.2) is 9.07 Å². The first-order valence-electron chi connectivity index (χ1n) is 6.25. The highest BCUT2D eigenvalue weighted by atomic mass is 19.1. The predicted octanol–water partition coefficient (Wildman–Crippen LogP) is 2.17. The third-order valence-electron chi connectivity index (χ3n) is 2.73. The van der Waals surface area contributed by atoms with Crippen LogP contribution in [-0.4, -0.2) is 20.5 Å². The molecule has 2 rings (SSSR count). The molecule has 0 aliphatic carbocycles. The zero-order valence-corrected chi connectivity index (χ0v) is 11.7. The molecule has 0 bridgehead atoms. The van der Waals surface area contributed by atoms with Gasteiger partial charge in [0.25, 0.3) is 0 Å². The van der Waals surface area contributed by atoms with Crippen LogP contribution >= 0.6 is 0 Å². The van der Waals surface area contributed by atoms with E-state index in [1.54, 1.807) is 16.9 Å². The molecule has 0 unspecified atom stereocenters. The number of nitrogens with one attached hydrogen (secondary N) is 1. The summed E-state index contributed by atoms with van der Waals surface area (Å²) < 4.78 is 14.9. The minimum Gasteiger partial charge on any atom is -0.306 e. The van der Waals surface area contributed by atoms with Crippen LogP contribution in [0.25, 0.3) is 5.69 Å². The van der Waals surface area contributed by atoms with Crippen LogP contribution in [0.2, 0.25) is 0 Å². The van der Waals surface area contributed by atoms with Crippen molar-refractivity contribution in [3.63, 3.8) is 0 Å². The van der Waals surface area contributed by atoms with Crippen LogP contribution in [0.15, 0.2) is 24.4 Å². The Morgan fingerprint density at radius 2 is 2.15 bits per heavy atom. The average molecular weight is 273 g/mol. The lowest BCUT2D eigenvalue weighted by molar-refractivity contribution is 0.418. The summed E-state index contributed by atoms with van der Waals surface area (Å²) in [4.78, 5) is 0. The van der Waals surface area contributed by atoms with Gasteiger partial charge < -0.3 is 5.32 Å². The molecule has 0 aliphatic rings. The Bertz CT molecular complexity index is 648. The maximum Gasteiger partial charge on any atom is 0.141 e. The van der Waals surface area contributed by atoms with Gasteiger partial charge in [0.2, 0.25) is 0 Å². The quantitative estimate of drug-likeness (QED) is 0.930. The zero-order valence-electron chi connectivity index (χ0n) is 11.7. The van der Waals surface area contributed by atoms with Gasteiger partial charge in [0.05, 0.1) is 23.1 Å². The van der Waals surface area contributed by atoms with Crippen LogP contribution in [-0.2, 0) is 6.54 Å². The maximum absolute atomic E-state index is 13.3. The Morgan fingerprint density at radius 3 is 2.80 bits per heavy atom. The predicted molar refractivity (Wildman–Crippen MR) is 72.6 cm³/mol. The van der Waals surface area contributed by atoms with Gasteiger partial charge >= 0.3 is 0 Å². The second kappa shape index (κ2) is 5.39. The van der Waals surface area contributed by atoms with Gasteiger partial charge in [-0.15, -0.1) is 5.10 Å². The first-order valence-corrected chi connectivity index (χ1v) is 6.25. The van der Waals surface area contributed by atoms with E-state index in [0.717, 1.165) is 5.69 Å². The molecule has 0 spiro atoms. The summed E-state index contributed by atoms with van der Waals surface area (Å²) in [5.74, 6) is -0.536. The molecule has 1 aromatic heterocycles. The molecular formula is C14H16FN5. The molecule has 104 valence electrons. The van der Waals surface area contributed by atoms with Crippen LogP contribution in [0, 0.1) is 17.1 Å². The molecule has 1 heterocycles. The van der Waals surface area contributed by atoms with E-state index in [-0.39, 0.29) is 11.1 Å². The van der Waals surface area contributed by atoms with E-state index in [1.165, 1.54) is 12.1 Å². The van der Waals surface area contributed by atoms with E-state index < -0.39 is 5.82 Å². The van der Waals surface area contributed by atoms with E-state index in [2.05, 4.69) is 36.4 Å². The van der Waals surface area contributed by atoms with Crippen molar-refractivity contribution >= 4 is 0 Å². The fourth-order valence-electron chi connectivity index (χ4n) is 1.68. The Kier molecular flexibility index (Phi) is 3.81. The standard InChI is InChI=1S/C14H16FN5/c1-14(2,3)17-8-12-9-18-19-20(12)11-4-5-13(15)10(6-11)7-16/h4-6,9,17H,8H2,1-3H3. The molecule has 0 amide bonds. The van der Waals surface area contributed by atoms with Crippen LogP contribution < -0.4 is 5.32 Å². The SMILES string of the molecule is CC(C)(C)NCc1cnnn1-c1ccc(F)c(C#N)c1. The number of hydrogen-bond acceptors (Lipinski definition) is 4. The maximum atomic E-state index is 13.3. The van der Waals surface area contributed by atoms with Crippen molar-refractivity contribution in [1.29, 1.82) is 5.26 Å². The van der Waals surface area contributed by atoms with Gasteiger partial charge in [0.1, 0.15) is 11.9 Å². The van der Waals surface area contributed by atoms with Crippen LogP contribution in [0.4, 0.5) is 4.39 Å². The fourth-order valence-corrected chi connectivity index (χ4v) is 1.68. The van der Waals surface area contributed by atoms with Crippen LogP contribution in [0.5, 0.6) is 0 Å². The van der Waals surface area contributed by atoms with Gasteiger partial charge in [0.15, 0.2) is 0 Å². The van der Waals surface area contributed by atoms with E-state index in [9.17, 15) is 4.39 Å².